The summed E-state index contributed by atoms with van der Waals surface area (Å²) in [7, 11) is 0. The zero-order valence-electron chi connectivity index (χ0n) is 16.8. The molecular formula is C23H25FN4O. The maximum absolute atomic E-state index is 14.0. The fourth-order valence-electron chi connectivity index (χ4n) is 3.85. The highest BCUT2D eigenvalue weighted by Crippen LogP contribution is 2.21. The van der Waals surface area contributed by atoms with Gasteiger partial charge in [-0.15, -0.1) is 0 Å². The molecule has 0 N–H and O–H groups in total. The molecule has 0 spiro atoms. The predicted molar refractivity (Wildman–Crippen MR) is 112 cm³/mol. The van der Waals surface area contributed by atoms with Crippen molar-refractivity contribution in [2.45, 2.75) is 20.4 Å². The number of benzene rings is 2. The predicted octanol–water partition coefficient (Wildman–Crippen LogP) is 3.65. The Balaban J connectivity index is 1.43. The number of nitrogens with zero attached hydrogens (tertiary/aromatic N) is 4. The van der Waals surface area contributed by atoms with Crippen LogP contribution in [0.25, 0.3) is 0 Å². The van der Waals surface area contributed by atoms with E-state index in [0.29, 0.717) is 44.0 Å². The van der Waals surface area contributed by atoms with Crippen LogP contribution in [0.3, 0.4) is 0 Å². The minimum atomic E-state index is -0.218. The lowest BCUT2D eigenvalue weighted by atomic mass is 10.1. The quantitative estimate of drug-likeness (QED) is 0.681. The smallest absolute Gasteiger partial charge is 0.253 e. The van der Waals surface area contributed by atoms with Crippen molar-refractivity contribution in [2.75, 3.05) is 31.1 Å². The normalized spacial score (nSPS) is 14.3. The lowest BCUT2D eigenvalue weighted by Gasteiger charge is -2.36. The van der Waals surface area contributed by atoms with Crippen molar-refractivity contribution >= 4 is 11.6 Å². The van der Waals surface area contributed by atoms with Gasteiger partial charge < -0.3 is 9.80 Å². The second kappa shape index (κ2) is 8.07. The van der Waals surface area contributed by atoms with Gasteiger partial charge in [0.1, 0.15) is 5.82 Å². The van der Waals surface area contributed by atoms with Gasteiger partial charge in [0.05, 0.1) is 17.9 Å². The Bertz CT molecular complexity index is 1020. The van der Waals surface area contributed by atoms with Gasteiger partial charge in [0, 0.05) is 37.4 Å². The second-order valence-corrected chi connectivity index (χ2v) is 7.52. The maximum atomic E-state index is 14.0. The van der Waals surface area contributed by atoms with Gasteiger partial charge in [-0.1, -0.05) is 24.3 Å². The average Bonchev–Trinajstić information content (AvgIpc) is 3.05. The van der Waals surface area contributed by atoms with Crippen molar-refractivity contribution < 1.29 is 9.18 Å². The van der Waals surface area contributed by atoms with E-state index in [4.69, 9.17) is 0 Å². The molecule has 0 radical (unpaired) electrons. The molecule has 29 heavy (non-hydrogen) atoms. The third-order valence-electron chi connectivity index (χ3n) is 5.37. The number of hydrogen-bond acceptors (Lipinski definition) is 3. The third-order valence-corrected chi connectivity index (χ3v) is 5.37. The highest BCUT2D eigenvalue weighted by atomic mass is 19.1. The summed E-state index contributed by atoms with van der Waals surface area (Å²) < 4.78 is 16.0. The van der Waals surface area contributed by atoms with Crippen LogP contribution in [0.2, 0.25) is 0 Å². The van der Waals surface area contributed by atoms with Gasteiger partial charge in [-0.2, -0.15) is 5.10 Å². The molecule has 1 aliphatic heterocycles. The van der Waals surface area contributed by atoms with E-state index >= 15 is 0 Å². The Morgan fingerprint density at radius 1 is 1.00 bits per heavy atom. The first-order valence-electron chi connectivity index (χ1n) is 9.90. The van der Waals surface area contributed by atoms with Gasteiger partial charge in [0.25, 0.3) is 5.91 Å². The van der Waals surface area contributed by atoms with E-state index in [2.05, 4.69) is 5.10 Å². The molecule has 4 rings (SSSR count). The number of carbonyl (C=O) groups is 1. The Morgan fingerprint density at radius 3 is 2.45 bits per heavy atom. The largest absolute Gasteiger partial charge is 0.366 e. The molecule has 2 heterocycles. The number of aromatic nitrogens is 2. The third kappa shape index (κ3) is 4.16. The molecule has 0 bridgehead atoms. The molecule has 1 amide bonds. The SMILES string of the molecule is Cc1cc(C)n(Cc2cccc(C(=O)N3CCN(c4ccccc4F)CC3)c2)n1. The summed E-state index contributed by atoms with van der Waals surface area (Å²) in [5, 5.41) is 4.50. The van der Waals surface area contributed by atoms with E-state index in [1.807, 2.05) is 64.7 Å². The molecular weight excluding hydrogens is 367 g/mol. The molecule has 3 aromatic rings. The van der Waals surface area contributed by atoms with Gasteiger partial charge in [0.2, 0.25) is 0 Å². The number of rotatable bonds is 4. The molecule has 5 nitrogen and oxygen atoms in total. The Labute approximate surface area is 170 Å². The molecule has 6 heteroatoms. The summed E-state index contributed by atoms with van der Waals surface area (Å²) in [6.45, 7) is 7.05. The molecule has 150 valence electrons. The minimum Gasteiger partial charge on any atom is -0.366 e. The first-order valence-corrected chi connectivity index (χ1v) is 9.90. The van der Waals surface area contributed by atoms with Gasteiger partial charge >= 0.3 is 0 Å². The van der Waals surface area contributed by atoms with E-state index in [1.54, 1.807) is 12.1 Å². The molecule has 1 fully saturated rings. The number of halogens is 1. The Morgan fingerprint density at radius 2 is 1.76 bits per heavy atom. The van der Waals surface area contributed by atoms with Crippen molar-refractivity contribution in [3.63, 3.8) is 0 Å². The molecule has 0 saturated carbocycles. The first-order chi connectivity index (χ1) is 14.0. The summed E-state index contributed by atoms with van der Waals surface area (Å²) in [6, 6.07) is 16.6. The number of hydrogen-bond donors (Lipinski definition) is 0. The minimum absolute atomic E-state index is 0.0217. The number of aryl methyl sites for hydroxylation is 2. The van der Waals surface area contributed by atoms with Crippen LogP contribution in [-0.2, 0) is 6.54 Å². The van der Waals surface area contributed by atoms with Gasteiger partial charge in [-0.3, -0.25) is 9.48 Å². The van der Waals surface area contributed by atoms with E-state index in [1.165, 1.54) is 6.07 Å². The van der Waals surface area contributed by atoms with Crippen LogP contribution in [0.5, 0.6) is 0 Å². The zero-order chi connectivity index (χ0) is 20.4. The molecule has 0 aliphatic carbocycles. The second-order valence-electron chi connectivity index (χ2n) is 7.52. The molecule has 0 atom stereocenters. The lowest BCUT2D eigenvalue weighted by Crippen LogP contribution is -2.49. The van der Waals surface area contributed by atoms with Crippen LogP contribution in [0.4, 0.5) is 10.1 Å². The number of anilines is 1. The van der Waals surface area contributed by atoms with E-state index in [0.717, 1.165) is 17.0 Å². The summed E-state index contributed by atoms with van der Waals surface area (Å²) >= 11 is 0. The van der Waals surface area contributed by atoms with Crippen molar-refractivity contribution in [3.05, 3.63) is 82.9 Å². The van der Waals surface area contributed by atoms with Crippen molar-refractivity contribution in [3.8, 4) is 0 Å². The van der Waals surface area contributed by atoms with Gasteiger partial charge in [-0.05, 0) is 49.7 Å². The van der Waals surface area contributed by atoms with Crippen molar-refractivity contribution in [1.29, 1.82) is 0 Å². The Kier molecular flexibility index (Phi) is 5.34. The number of amides is 1. The van der Waals surface area contributed by atoms with Crippen LogP contribution in [0.15, 0.2) is 54.6 Å². The number of para-hydroxylation sites is 1. The monoisotopic (exact) mass is 392 g/mol. The average molecular weight is 392 g/mol. The zero-order valence-corrected chi connectivity index (χ0v) is 16.8. The standard InChI is InChI=1S/C23H25FN4O/c1-17-14-18(2)28(25-17)16-19-6-5-7-20(15-19)23(29)27-12-10-26(11-13-27)22-9-4-3-8-21(22)24/h3-9,14-15H,10-13,16H2,1-2H3. The molecule has 2 aromatic carbocycles. The van der Waals surface area contributed by atoms with Crippen LogP contribution >= 0.6 is 0 Å². The van der Waals surface area contributed by atoms with E-state index in [9.17, 15) is 9.18 Å². The van der Waals surface area contributed by atoms with Crippen LogP contribution in [-0.4, -0.2) is 46.8 Å². The molecule has 1 aromatic heterocycles. The highest BCUT2D eigenvalue weighted by molar-refractivity contribution is 5.94. The van der Waals surface area contributed by atoms with Crippen molar-refractivity contribution in [1.82, 2.24) is 14.7 Å². The van der Waals surface area contributed by atoms with Crippen LogP contribution < -0.4 is 4.90 Å². The fourth-order valence-corrected chi connectivity index (χ4v) is 3.85. The van der Waals surface area contributed by atoms with Gasteiger partial charge in [-0.25, -0.2) is 4.39 Å². The van der Waals surface area contributed by atoms with Crippen molar-refractivity contribution in [2.24, 2.45) is 0 Å². The summed E-state index contributed by atoms with van der Waals surface area (Å²) in [4.78, 5) is 16.8. The molecule has 0 unspecified atom stereocenters. The van der Waals surface area contributed by atoms with Crippen LogP contribution in [0.1, 0.15) is 27.3 Å². The fraction of sp³-hybridized carbons (Fsp3) is 0.304. The first kappa shape index (κ1) is 19.2. The highest BCUT2D eigenvalue weighted by Gasteiger charge is 2.23. The van der Waals surface area contributed by atoms with Crippen LogP contribution in [0, 0.1) is 19.7 Å². The topological polar surface area (TPSA) is 41.4 Å². The van der Waals surface area contributed by atoms with E-state index in [-0.39, 0.29) is 11.7 Å². The lowest BCUT2D eigenvalue weighted by molar-refractivity contribution is 0.0746. The van der Waals surface area contributed by atoms with E-state index < -0.39 is 0 Å². The van der Waals surface area contributed by atoms with Gasteiger partial charge in [0.15, 0.2) is 0 Å². The molecule has 1 saturated heterocycles. The summed E-state index contributed by atoms with van der Waals surface area (Å²) in [5.41, 5.74) is 4.42. The summed E-state index contributed by atoms with van der Waals surface area (Å²) in [5.74, 6) is -0.197. The maximum Gasteiger partial charge on any atom is 0.253 e. The molecule has 1 aliphatic rings. The number of piperazine rings is 1. The summed E-state index contributed by atoms with van der Waals surface area (Å²) in [6.07, 6.45) is 0. The number of carbonyl (C=O) groups excluding carboxylic acids is 1. The Hall–Kier alpha value is -3.15.